The zero-order valence-corrected chi connectivity index (χ0v) is 14.1. The Morgan fingerprint density at radius 3 is 2.96 bits per heavy atom. The molecule has 0 bridgehead atoms. The van der Waals surface area contributed by atoms with Crippen molar-refractivity contribution >= 4 is 23.6 Å². The van der Waals surface area contributed by atoms with Gasteiger partial charge in [-0.2, -0.15) is 11.8 Å². The second-order valence-corrected chi connectivity index (χ2v) is 6.27. The molecule has 2 rings (SSSR count). The average Bonchev–Trinajstić information content (AvgIpc) is 2.98. The van der Waals surface area contributed by atoms with E-state index in [1.54, 1.807) is 28.8 Å². The molecule has 2 heterocycles. The monoisotopic (exact) mass is 342 g/mol. The number of β-amino-alcohol motifs (C(OH)–C–C–N with tert-alkyl or cyclic N) is 1. The lowest BCUT2D eigenvalue weighted by Crippen LogP contribution is -2.55. The van der Waals surface area contributed by atoms with E-state index in [1.807, 2.05) is 6.26 Å². The van der Waals surface area contributed by atoms with Gasteiger partial charge >= 0.3 is 0 Å². The lowest BCUT2D eigenvalue weighted by Gasteiger charge is -2.36. The molecule has 2 N–H and O–H groups in total. The van der Waals surface area contributed by atoms with Crippen LogP contribution in [0, 0.1) is 0 Å². The van der Waals surface area contributed by atoms with Gasteiger partial charge in [-0.15, -0.1) is 0 Å². The van der Waals surface area contributed by atoms with Gasteiger partial charge in [0.1, 0.15) is 12.4 Å². The molecule has 23 heavy (non-hydrogen) atoms. The normalized spacial score (nSPS) is 21.3. The predicted molar refractivity (Wildman–Crippen MR) is 86.3 cm³/mol. The summed E-state index contributed by atoms with van der Waals surface area (Å²) in [5.74, 6) is 1.17. The van der Waals surface area contributed by atoms with Crippen LogP contribution < -0.4 is 5.32 Å². The molecule has 1 aromatic rings. The molecular formula is C15H22N2O5S. The average molecular weight is 342 g/mol. The van der Waals surface area contributed by atoms with Crippen LogP contribution in [0.15, 0.2) is 16.5 Å². The summed E-state index contributed by atoms with van der Waals surface area (Å²) in [4.78, 5) is 25.5. The largest absolute Gasteiger partial charge is 0.455 e. The molecule has 0 spiro atoms. The van der Waals surface area contributed by atoms with E-state index >= 15 is 0 Å². The number of carbonyl (C=O) groups excluding carboxylic acids is 2. The second-order valence-electron chi connectivity index (χ2n) is 5.41. The molecule has 7 nitrogen and oxygen atoms in total. The zero-order valence-electron chi connectivity index (χ0n) is 13.3. The number of nitrogens with zero attached hydrogens (tertiary/aromatic N) is 1. The number of amides is 2. The van der Waals surface area contributed by atoms with Crippen LogP contribution in [-0.4, -0.2) is 67.0 Å². The van der Waals surface area contributed by atoms with E-state index < -0.39 is 12.1 Å². The van der Waals surface area contributed by atoms with Gasteiger partial charge in [0.25, 0.3) is 5.91 Å². The third-order valence-electron chi connectivity index (χ3n) is 3.69. The topological polar surface area (TPSA) is 92.0 Å². The van der Waals surface area contributed by atoms with Gasteiger partial charge in [-0.1, -0.05) is 0 Å². The highest BCUT2D eigenvalue weighted by atomic mass is 32.2. The number of aliphatic hydroxyl groups is 1. The second kappa shape index (κ2) is 8.37. The summed E-state index contributed by atoms with van der Waals surface area (Å²) < 4.78 is 10.3. The minimum absolute atomic E-state index is 0.00560. The fraction of sp³-hybridized carbons (Fsp3) is 0.600. The molecule has 1 aromatic heterocycles. The fourth-order valence-corrected chi connectivity index (χ4v) is 2.94. The van der Waals surface area contributed by atoms with Gasteiger partial charge < -0.3 is 24.5 Å². The quantitative estimate of drug-likeness (QED) is 0.781. The number of aliphatic hydroxyl groups excluding tert-OH is 1. The van der Waals surface area contributed by atoms with E-state index in [2.05, 4.69) is 5.32 Å². The van der Waals surface area contributed by atoms with Crippen molar-refractivity contribution in [2.75, 3.05) is 33.1 Å². The molecule has 128 valence electrons. The summed E-state index contributed by atoms with van der Waals surface area (Å²) in [6.45, 7) is 0.650. The zero-order chi connectivity index (χ0) is 16.8. The maximum atomic E-state index is 12.2. The number of piperidine rings is 1. The first-order valence-electron chi connectivity index (χ1n) is 7.38. The van der Waals surface area contributed by atoms with Crippen molar-refractivity contribution in [3.05, 3.63) is 23.7 Å². The first-order chi connectivity index (χ1) is 11.0. The standard InChI is InChI=1S/C15H22N2O5S/c1-21-8-14(19)17-6-5-11(12(18)7-17)16-15(20)13-4-3-10(22-13)9-23-2/h3-4,11-12,18H,5-9H2,1-2H3,(H,16,20)/t11-,12-/m1/s1. The van der Waals surface area contributed by atoms with Gasteiger partial charge in [-0.3, -0.25) is 9.59 Å². The van der Waals surface area contributed by atoms with Crippen molar-refractivity contribution in [3.63, 3.8) is 0 Å². The summed E-state index contributed by atoms with van der Waals surface area (Å²) in [5.41, 5.74) is 0. The highest BCUT2D eigenvalue weighted by molar-refractivity contribution is 7.97. The summed E-state index contributed by atoms with van der Waals surface area (Å²) in [5, 5.41) is 12.9. The maximum absolute atomic E-state index is 12.2. The van der Waals surface area contributed by atoms with Crippen LogP contribution in [0.2, 0.25) is 0 Å². The SMILES string of the molecule is COCC(=O)N1CC[C@@H](NC(=O)c2ccc(CSC)o2)[C@H](O)C1. The van der Waals surface area contributed by atoms with Crippen molar-refractivity contribution in [2.24, 2.45) is 0 Å². The Morgan fingerprint density at radius 2 is 2.30 bits per heavy atom. The number of methoxy groups -OCH3 is 1. The molecule has 1 aliphatic heterocycles. The van der Waals surface area contributed by atoms with E-state index in [1.165, 1.54) is 7.11 Å². The first-order valence-corrected chi connectivity index (χ1v) is 8.77. The smallest absolute Gasteiger partial charge is 0.287 e. The van der Waals surface area contributed by atoms with Crippen LogP contribution in [0.4, 0.5) is 0 Å². The van der Waals surface area contributed by atoms with E-state index in [0.717, 1.165) is 5.76 Å². The van der Waals surface area contributed by atoms with Crippen LogP contribution in [0.25, 0.3) is 0 Å². The number of likely N-dealkylation sites (tertiary alicyclic amines) is 1. The number of ether oxygens (including phenoxy) is 1. The Balaban J connectivity index is 1.88. The molecule has 0 radical (unpaired) electrons. The van der Waals surface area contributed by atoms with Crippen molar-refractivity contribution in [1.82, 2.24) is 10.2 Å². The molecule has 0 unspecified atom stereocenters. The van der Waals surface area contributed by atoms with Crippen LogP contribution in [0.5, 0.6) is 0 Å². The third kappa shape index (κ3) is 4.73. The number of rotatable bonds is 6. The number of furan rings is 1. The van der Waals surface area contributed by atoms with Gasteiger partial charge in [-0.05, 0) is 24.8 Å². The summed E-state index contributed by atoms with van der Waals surface area (Å²) in [6.07, 6.45) is 1.63. The van der Waals surface area contributed by atoms with Crippen molar-refractivity contribution in [3.8, 4) is 0 Å². The maximum Gasteiger partial charge on any atom is 0.287 e. The predicted octanol–water partition coefficient (Wildman–Crippen LogP) is 0.481. The molecule has 2 atom stereocenters. The van der Waals surface area contributed by atoms with Gasteiger partial charge in [-0.25, -0.2) is 0 Å². The van der Waals surface area contributed by atoms with E-state index in [4.69, 9.17) is 9.15 Å². The Bertz CT molecular complexity index is 548. The van der Waals surface area contributed by atoms with Crippen LogP contribution in [0.3, 0.4) is 0 Å². The number of hydrogen-bond donors (Lipinski definition) is 2. The van der Waals surface area contributed by atoms with E-state index in [-0.39, 0.29) is 30.7 Å². The Labute approximate surface area is 139 Å². The van der Waals surface area contributed by atoms with Crippen LogP contribution in [0.1, 0.15) is 22.7 Å². The molecule has 1 fully saturated rings. The summed E-state index contributed by atoms with van der Waals surface area (Å²) >= 11 is 1.61. The highest BCUT2D eigenvalue weighted by Gasteiger charge is 2.31. The number of hydrogen-bond acceptors (Lipinski definition) is 6. The number of nitrogens with one attached hydrogen (secondary N) is 1. The fourth-order valence-electron chi connectivity index (χ4n) is 2.50. The van der Waals surface area contributed by atoms with Crippen molar-refractivity contribution in [2.45, 2.75) is 24.3 Å². The van der Waals surface area contributed by atoms with Crippen molar-refractivity contribution in [1.29, 1.82) is 0 Å². The van der Waals surface area contributed by atoms with Crippen molar-refractivity contribution < 1.29 is 23.8 Å². The molecule has 2 amide bonds. The summed E-state index contributed by atoms with van der Waals surface area (Å²) in [6, 6.07) is 3.00. The first kappa shape index (κ1) is 17.8. The lowest BCUT2D eigenvalue weighted by atomic mass is 10.0. The van der Waals surface area contributed by atoms with Gasteiger partial charge in [0.05, 0.1) is 17.9 Å². The minimum Gasteiger partial charge on any atom is -0.455 e. The van der Waals surface area contributed by atoms with E-state index in [9.17, 15) is 14.7 Å². The number of carbonyl (C=O) groups is 2. The Morgan fingerprint density at radius 1 is 1.52 bits per heavy atom. The van der Waals surface area contributed by atoms with E-state index in [0.29, 0.717) is 18.7 Å². The highest BCUT2D eigenvalue weighted by Crippen LogP contribution is 2.16. The molecule has 0 saturated carbocycles. The van der Waals surface area contributed by atoms with Crippen LogP contribution >= 0.6 is 11.8 Å². The molecular weight excluding hydrogens is 320 g/mol. The third-order valence-corrected chi connectivity index (χ3v) is 4.26. The number of thioether (sulfide) groups is 1. The molecule has 1 aliphatic rings. The molecule has 0 aliphatic carbocycles. The Kier molecular flexibility index (Phi) is 6.49. The van der Waals surface area contributed by atoms with Crippen LogP contribution in [-0.2, 0) is 15.3 Å². The molecule has 8 heteroatoms. The van der Waals surface area contributed by atoms with Gasteiger partial charge in [0, 0.05) is 20.2 Å². The lowest BCUT2D eigenvalue weighted by molar-refractivity contribution is -0.138. The summed E-state index contributed by atoms with van der Waals surface area (Å²) in [7, 11) is 1.45. The molecule has 1 saturated heterocycles. The van der Waals surface area contributed by atoms with Gasteiger partial charge in [0.2, 0.25) is 5.91 Å². The molecule has 0 aromatic carbocycles. The minimum atomic E-state index is -0.811. The Hall–Kier alpha value is -1.51. The van der Waals surface area contributed by atoms with Gasteiger partial charge in [0.15, 0.2) is 5.76 Å².